The zero-order valence-electron chi connectivity index (χ0n) is 15.9. The van der Waals surface area contributed by atoms with E-state index in [0.29, 0.717) is 16.5 Å². The average molecular weight is 390 g/mol. The number of likely N-dealkylation sites (N-methyl/N-ethyl adjacent to an activating group) is 1. The lowest BCUT2D eigenvalue weighted by Crippen LogP contribution is -2.36. The molecule has 0 aliphatic rings. The summed E-state index contributed by atoms with van der Waals surface area (Å²) in [6.45, 7) is 4.13. The Kier molecular flexibility index (Phi) is 7.21. The van der Waals surface area contributed by atoms with E-state index in [1.165, 1.54) is 7.11 Å². The Labute approximate surface area is 164 Å². The van der Waals surface area contributed by atoms with Gasteiger partial charge < -0.3 is 15.4 Å². The second-order valence-corrected chi connectivity index (χ2v) is 6.77. The van der Waals surface area contributed by atoms with Crippen molar-refractivity contribution in [2.45, 2.75) is 13.8 Å². The molecule has 2 aromatic carbocycles. The SMILES string of the molecule is COc1ccc(NC(=O)CN(C)CC(=O)Nc2cccc(C)c2C)cc1Cl. The van der Waals surface area contributed by atoms with Gasteiger partial charge in [-0.05, 0) is 56.3 Å². The van der Waals surface area contributed by atoms with E-state index in [-0.39, 0.29) is 24.9 Å². The lowest BCUT2D eigenvalue weighted by Gasteiger charge is -2.17. The molecule has 0 aliphatic carbocycles. The van der Waals surface area contributed by atoms with Crippen molar-refractivity contribution in [2.24, 2.45) is 0 Å². The predicted molar refractivity (Wildman–Crippen MR) is 109 cm³/mol. The van der Waals surface area contributed by atoms with Crippen LogP contribution >= 0.6 is 11.6 Å². The van der Waals surface area contributed by atoms with Crippen molar-refractivity contribution in [2.75, 3.05) is 37.9 Å². The minimum Gasteiger partial charge on any atom is -0.495 e. The van der Waals surface area contributed by atoms with Gasteiger partial charge in [0.15, 0.2) is 0 Å². The maximum absolute atomic E-state index is 12.2. The normalized spacial score (nSPS) is 10.6. The van der Waals surface area contributed by atoms with Crippen molar-refractivity contribution < 1.29 is 14.3 Å². The second-order valence-electron chi connectivity index (χ2n) is 6.37. The summed E-state index contributed by atoms with van der Waals surface area (Å²) in [5.74, 6) is 0.125. The van der Waals surface area contributed by atoms with Crippen LogP contribution in [0.2, 0.25) is 5.02 Å². The molecule has 2 aromatic rings. The number of amides is 2. The lowest BCUT2D eigenvalue weighted by molar-refractivity contribution is -0.119. The minimum atomic E-state index is -0.238. The van der Waals surface area contributed by atoms with E-state index < -0.39 is 0 Å². The monoisotopic (exact) mass is 389 g/mol. The molecular formula is C20H24ClN3O3. The van der Waals surface area contributed by atoms with Crippen molar-refractivity contribution in [3.8, 4) is 5.75 Å². The third-order valence-electron chi connectivity index (χ3n) is 4.14. The molecule has 0 fully saturated rings. The summed E-state index contributed by atoms with van der Waals surface area (Å²) in [5.41, 5.74) is 3.49. The molecule has 6 nitrogen and oxygen atoms in total. The molecule has 144 valence electrons. The van der Waals surface area contributed by atoms with Crippen molar-refractivity contribution in [1.82, 2.24) is 4.90 Å². The number of benzene rings is 2. The molecule has 7 heteroatoms. The molecule has 0 radical (unpaired) electrons. The van der Waals surface area contributed by atoms with Crippen LogP contribution in [0.25, 0.3) is 0 Å². The Morgan fingerprint density at radius 2 is 1.74 bits per heavy atom. The molecule has 0 spiro atoms. The number of rotatable bonds is 7. The molecule has 0 unspecified atom stereocenters. The van der Waals surface area contributed by atoms with Crippen molar-refractivity contribution in [3.63, 3.8) is 0 Å². The van der Waals surface area contributed by atoms with E-state index >= 15 is 0 Å². The Morgan fingerprint density at radius 3 is 2.37 bits per heavy atom. The highest BCUT2D eigenvalue weighted by Gasteiger charge is 2.13. The molecule has 0 saturated carbocycles. The summed E-state index contributed by atoms with van der Waals surface area (Å²) in [5, 5.41) is 6.05. The third kappa shape index (κ3) is 5.98. The first-order chi connectivity index (χ1) is 12.8. The van der Waals surface area contributed by atoms with Gasteiger partial charge in [0, 0.05) is 11.4 Å². The van der Waals surface area contributed by atoms with E-state index in [2.05, 4.69) is 10.6 Å². The second kappa shape index (κ2) is 9.39. The first kappa shape index (κ1) is 20.7. The first-order valence-corrected chi connectivity index (χ1v) is 8.86. The van der Waals surface area contributed by atoms with Crippen LogP contribution in [-0.2, 0) is 9.59 Å². The number of carbonyl (C=O) groups is 2. The van der Waals surface area contributed by atoms with E-state index in [1.54, 1.807) is 30.1 Å². The van der Waals surface area contributed by atoms with Crippen LogP contribution in [0.5, 0.6) is 5.75 Å². The Balaban J connectivity index is 1.86. The van der Waals surface area contributed by atoms with Gasteiger partial charge in [-0.1, -0.05) is 23.7 Å². The fourth-order valence-corrected chi connectivity index (χ4v) is 2.82. The van der Waals surface area contributed by atoms with E-state index in [4.69, 9.17) is 16.3 Å². The lowest BCUT2D eigenvalue weighted by atomic mass is 10.1. The van der Waals surface area contributed by atoms with Gasteiger partial charge in [0.1, 0.15) is 5.75 Å². The largest absolute Gasteiger partial charge is 0.495 e. The summed E-state index contributed by atoms with van der Waals surface area (Å²) >= 11 is 6.05. The quantitative estimate of drug-likeness (QED) is 0.760. The van der Waals surface area contributed by atoms with Crippen molar-refractivity contribution in [3.05, 3.63) is 52.5 Å². The van der Waals surface area contributed by atoms with Gasteiger partial charge in [-0.3, -0.25) is 14.5 Å². The number of halogens is 1. The fraction of sp³-hybridized carbons (Fsp3) is 0.300. The van der Waals surface area contributed by atoms with Gasteiger partial charge in [-0.2, -0.15) is 0 Å². The van der Waals surface area contributed by atoms with Crippen molar-refractivity contribution in [1.29, 1.82) is 0 Å². The molecule has 2 N–H and O–H groups in total. The molecular weight excluding hydrogens is 366 g/mol. The standard InChI is InChI=1S/C20H24ClN3O3/c1-13-6-5-7-17(14(13)2)23-20(26)12-24(3)11-19(25)22-15-8-9-18(27-4)16(21)10-15/h5-10H,11-12H2,1-4H3,(H,22,25)(H,23,26). The molecule has 0 atom stereocenters. The minimum absolute atomic E-state index is 0.0733. The average Bonchev–Trinajstić information content (AvgIpc) is 2.58. The van der Waals surface area contributed by atoms with Crippen LogP contribution in [0, 0.1) is 13.8 Å². The highest BCUT2D eigenvalue weighted by Crippen LogP contribution is 2.27. The molecule has 0 bridgehead atoms. The van der Waals surface area contributed by atoms with Crippen LogP contribution in [0.4, 0.5) is 11.4 Å². The predicted octanol–water partition coefficient (Wildman–Crippen LogP) is 3.47. The van der Waals surface area contributed by atoms with Crippen LogP contribution in [0.3, 0.4) is 0 Å². The highest BCUT2D eigenvalue weighted by molar-refractivity contribution is 6.32. The number of hydrogen-bond donors (Lipinski definition) is 2. The maximum atomic E-state index is 12.2. The zero-order valence-corrected chi connectivity index (χ0v) is 16.7. The van der Waals surface area contributed by atoms with Crippen LogP contribution < -0.4 is 15.4 Å². The summed E-state index contributed by atoms with van der Waals surface area (Å²) in [6.07, 6.45) is 0. The Hall–Kier alpha value is -2.57. The number of nitrogens with zero attached hydrogens (tertiary/aromatic N) is 1. The molecule has 0 aromatic heterocycles. The molecule has 2 amide bonds. The van der Waals surface area contributed by atoms with Crippen LogP contribution in [0.1, 0.15) is 11.1 Å². The zero-order chi connectivity index (χ0) is 20.0. The highest BCUT2D eigenvalue weighted by atomic mass is 35.5. The van der Waals surface area contributed by atoms with Gasteiger partial charge in [-0.25, -0.2) is 0 Å². The Bertz CT molecular complexity index is 839. The smallest absolute Gasteiger partial charge is 0.238 e. The Morgan fingerprint density at radius 1 is 1.07 bits per heavy atom. The number of methoxy groups -OCH3 is 1. The molecule has 2 rings (SSSR count). The van der Waals surface area contributed by atoms with E-state index in [9.17, 15) is 9.59 Å². The maximum Gasteiger partial charge on any atom is 0.238 e. The number of anilines is 2. The third-order valence-corrected chi connectivity index (χ3v) is 4.44. The number of nitrogens with one attached hydrogen (secondary N) is 2. The molecule has 0 saturated heterocycles. The summed E-state index contributed by atoms with van der Waals surface area (Å²) in [4.78, 5) is 26.0. The van der Waals surface area contributed by atoms with Gasteiger partial charge in [-0.15, -0.1) is 0 Å². The summed E-state index contributed by atoms with van der Waals surface area (Å²) in [7, 11) is 3.24. The van der Waals surface area contributed by atoms with Crippen LogP contribution in [-0.4, -0.2) is 44.0 Å². The molecule has 27 heavy (non-hydrogen) atoms. The van der Waals surface area contributed by atoms with E-state index in [1.807, 2.05) is 32.0 Å². The van der Waals surface area contributed by atoms with Gasteiger partial charge in [0.2, 0.25) is 11.8 Å². The number of aryl methyl sites for hydroxylation is 1. The summed E-state index contributed by atoms with van der Waals surface area (Å²) < 4.78 is 5.08. The number of carbonyl (C=O) groups excluding carboxylic acids is 2. The topological polar surface area (TPSA) is 70.7 Å². The number of hydrogen-bond acceptors (Lipinski definition) is 4. The summed E-state index contributed by atoms with van der Waals surface area (Å²) in [6, 6.07) is 10.8. The first-order valence-electron chi connectivity index (χ1n) is 8.48. The van der Waals surface area contributed by atoms with Gasteiger partial charge in [0.05, 0.1) is 25.2 Å². The van der Waals surface area contributed by atoms with Crippen molar-refractivity contribution >= 4 is 34.8 Å². The van der Waals surface area contributed by atoms with Crippen LogP contribution in [0.15, 0.2) is 36.4 Å². The van der Waals surface area contributed by atoms with E-state index in [0.717, 1.165) is 16.8 Å². The van der Waals surface area contributed by atoms with Gasteiger partial charge >= 0.3 is 0 Å². The molecule has 0 heterocycles. The number of ether oxygens (including phenoxy) is 1. The fourth-order valence-electron chi connectivity index (χ4n) is 2.57. The molecule has 0 aliphatic heterocycles. The van der Waals surface area contributed by atoms with Gasteiger partial charge in [0.25, 0.3) is 0 Å².